The molecule has 0 saturated carbocycles. The summed E-state index contributed by atoms with van der Waals surface area (Å²) in [5.41, 5.74) is 5.82. The largest absolute Gasteiger partial charge is 0.507 e. The molecule has 0 saturated heterocycles. The van der Waals surface area contributed by atoms with E-state index in [2.05, 4.69) is 37.7 Å². The van der Waals surface area contributed by atoms with Gasteiger partial charge in [-0.2, -0.15) is 0 Å². The second kappa shape index (κ2) is 9.34. The maximum atomic E-state index is 11.6. The lowest BCUT2D eigenvalue weighted by atomic mass is 9.82. The number of nitrogens with zero attached hydrogens (tertiary/aromatic N) is 1. The number of phenolic OH excluding ortho intramolecular Hbond substituents is 1. The van der Waals surface area contributed by atoms with E-state index >= 15 is 0 Å². The molecule has 1 N–H and O–H groups in total. The van der Waals surface area contributed by atoms with Gasteiger partial charge in [0.2, 0.25) is 0 Å². The normalized spacial score (nSPS) is 16.6. The number of ether oxygens (including phenoxy) is 1. The van der Waals surface area contributed by atoms with Crippen LogP contribution in [0.15, 0.2) is 35.1 Å². The molecule has 3 rings (SSSR count). The van der Waals surface area contributed by atoms with Gasteiger partial charge in [-0.25, -0.2) is 0 Å². The Morgan fingerprint density at radius 3 is 2.69 bits per heavy atom. The fraction of sp³-hybridized carbons (Fsp3) is 0.480. The molecular formula is C25H33NO3. The van der Waals surface area contributed by atoms with Crippen molar-refractivity contribution in [3.63, 3.8) is 0 Å². The number of hydrogen-bond acceptors (Lipinski definition) is 4. The Balaban J connectivity index is 2.24. The van der Waals surface area contributed by atoms with Gasteiger partial charge < -0.3 is 14.4 Å². The van der Waals surface area contributed by atoms with Gasteiger partial charge in [0, 0.05) is 17.0 Å². The van der Waals surface area contributed by atoms with Crippen molar-refractivity contribution in [1.29, 1.82) is 0 Å². The molecule has 0 amide bonds. The molecule has 0 spiro atoms. The average molecular weight is 396 g/mol. The van der Waals surface area contributed by atoms with E-state index in [0.717, 1.165) is 78.7 Å². The average Bonchev–Trinajstić information content (AvgIpc) is 3.01. The quantitative estimate of drug-likeness (QED) is 0.293. The minimum absolute atomic E-state index is 0.127. The van der Waals surface area contributed by atoms with Gasteiger partial charge in [0.1, 0.15) is 17.3 Å². The summed E-state index contributed by atoms with van der Waals surface area (Å²) in [6, 6.07) is 2.09. The van der Waals surface area contributed by atoms with E-state index < -0.39 is 0 Å². The smallest absolute Gasteiger partial charge is 0.141 e. The summed E-state index contributed by atoms with van der Waals surface area (Å²) in [6.45, 7) is 11.9. The first-order chi connectivity index (χ1) is 14.0. The second-order valence-corrected chi connectivity index (χ2v) is 8.12. The van der Waals surface area contributed by atoms with Crippen LogP contribution in [0.1, 0.15) is 80.9 Å². The fourth-order valence-electron chi connectivity index (χ4n) is 4.48. The Hall–Kier alpha value is -2.49. The van der Waals surface area contributed by atoms with Gasteiger partial charge in [-0.15, -0.1) is 0 Å². The Kier molecular flexibility index (Phi) is 6.83. The van der Waals surface area contributed by atoms with Crippen molar-refractivity contribution in [1.82, 2.24) is 5.16 Å². The first-order valence-electron chi connectivity index (χ1n) is 10.7. The van der Waals surface area contributed by atoms with E-state index in [1.54, 1.807) is 0 Å². The molecule has 2 aromatic rings. The van der Waals surface area contributed by atoms with Crippen LogP contribution in [0.4, 0.5) is 0 Å². The van der Waals surface area contributed by atoms with Gasteiger partial charge in [0.25, 0.3) is 0 Å². The second-order valence-electron chi connectivity index (χ2n) is 8.12. The van der Waals surface area contributed by atoms with Crippen LogP contribution in [-0.4, -0.2) is 10.3 Å². The Bertz CT molecular complexity index is 888. The molecule has 4 heteroatoms. The van der Waals surface area contributed by atoms with E-state index in [1.165, 1.54) is 11.8 Å². The number of hydrogen-bond donors (Lipinski definition) is 1. The molecule has 156 valence electrons. The van der Waals surface area contributed by atoms with Crippen LogP contribution in [0.5, 0.6) is 11.5 Å². The molecule has 1 aliphatic carbocycles. The number of aryl methyl sites for hydroxylation is 3. The highest BCUT2D eigenvalue weighted by Crippen LogP contribution is 2.49. The van der Waals surface area contributed by atoms with Crippen molar-refractivity contribution in [2.75, 3.05) is 0 Å². The zero-order valence-corrected chi connectivity index (χ0v) is 18.2. The minimum atomic E-state index is 0.127. The number of allylic oxidation sites excluding steroid dienone is 2. The number of benzene rings is 1. The number of rotatable bonds is 8. The fourth-order valence-corrected chi connectivity index (χ4v) is 4.48. The molecule has 0 aliphatic heterocycles. The van der Waals surface area contributed by atoms with Crippen LogP contribution in [0.3, 0.4) is 0 Å². The van der Waals surface area contributed by atoms with Crippen LogP contribution in [0.25, 0.3) is 11.1 Å². The van der Waals surface area contributed by atoms with Gasteiger partial charge in [-0.3, -0.25) is 0 Å². The zero-order chi connectivity index (χ0) is 21.0. The third-order valence-corrected chi connectivity index (χ3v) is 5.87. The van der Waals surface area contributed by atoms with Crippen molar-refractivity contribution >= 4 is 0 Å². The van der Waals surface area contributed by atoms with Crippen molar-refractivity contribution in [2.24, 2.45) is 0 Å². The van der Waals surface area contributed by atoms with Crippen LogP contribution >= 0.6 is 0 Å². The summed E-state index contributed by atoms with van der Waals surface area (Å²) in [5.74, 6) is 1.85. The first-order valence-corrected chi connectivity index (χ1v) is 10.7. The lowest BCUT2D eigenvalue weighted by molar-refractivity contribution is 0.393. The molecule has 29 heavy (non-hydrogen) atoms. The van der Waals surface area contributed by atoms with Gasteiger partial charge in [0.05, 0.1) is 17.5 Å². The maximum absolute atomic E-state index is 11.6. The van der Waals surface area contributed by atoms with Gasteiger partial charge >= 0.3 is 0 Å². The maximum Gasteiger partial charge on any atom is 0.141 e. The standard InChI is InChI=1S/C25H33NO3/c1-6-8-9-12-20-15-21(28-7-2)23(19-13-10-11-16(3)14-19)25(27)24(20)22-17(4)26-29-18(22)5/h7,14-15,19,27H,2,6,8-13H2,1,3-5H3/t19-/m0/s1. The summed E-state index contributed by atoms with van der Waals surface area (Å²) in [4.78, 5) is 0. The molecule has 1 atom stereocenters. The monoisotopic (exact) mass is 395 g/mol. The number of phenols is 1. The van der Waals surface area contributed by atoms with E-state index in [1.807, 2.05) is 13.8 Å². The van der Waals surface area contributed by atoms with Crippen molar-refractivity contribution < 1.29 is 14.4 Å². The summed E-state index contributed by atoms with van der Waals surface area (Å²) >= 11 is 0. The summed E-state index contributed by atoms with van der Waals surface area (Å²) < 4.78 is 11.3. The molecular weight excluding hydrogens is 362 g/mol. The first kappa shape index (κ1) is 21.2. The molecule has 1 heterocycles. The van der Waals surface area contributed by atoms with E-state index in [9.17, 15) is 5.11 Å². The van der Waals surface area contributed by atoms with Crippen molar-refractivity contribution in [3.8, 4) is 22.6 Å². The molecule has 4 nitrogen and oxygen atoms in total. The number of aromatic hydroxyl groups is 1. The van der Waals surface area contributed by atoms with E-state index in [-0.39, 0.29) is 5.92 Å². The lowest BCUT2D eigenvalue weighted by Gasteiger charge is -2.25. The van der Waals surface area contributed by atoms with E-state index in [4.69, 9.17) is 9.26 Å². The predicted molar refractivity (Wildman–Crippen MR) is 117 cm³/mol. The SMILES string of the molecule is C=COc1cc(CCCCC)c(-c2c(C)noc2C)c(O)c1[C@@H]1C=C(C)CCC1. The highest BCUT2D eigenvalue weighted by molar-refractivity contribution is 5.80. The van der Waals surface area contributed by atoms with Gasteiger partial charge in [-0.1, -0.05) is 43.2 Å². The summed E-state index contributed by atoms with van der Waals surface area (Å²) in [7, 11) is 0. The highest BCUT2D eigenvalue weighted by atomic mass is 16.5. The zero-order valence-electron chi connectivity index (χ0n) is 18.2. The van der Waals surface area contributed by atoms with Gasteiger partial charge in [-0.05, 0) is 64.5 Å². The summed E-state index contributed by atoms with van der Waals surface area (Å²) in [5, 5.41) is 15.7. The van der Waals surface area contributed by atoms with Crippen LogP contribution in [0.2, 0.25) is 0 Å². The molecule has 0 unspecified atom stereocenters. The van der Waals surface area contributed by atoms with Crippen molar-refractivity contribution in [2.45, 2.75) is 78.6 Å². The number of unbranched alkanes of at least 4 members (excludes halogenated alkanes) is 2. The molecule has 0 bridgehead atoms. The summed E-state index contributed by atoms with van der Waals surface area (Å²) in [6.07, 6.45) is 11.1. The van der Waals surface area contributed by atoms with E-state index in [0.29, 0.717) is 11.5 Å². The van der Waals surface area contributed by atoms with Crippen molar-refractivity contribution in [3.05, 3.63) is 53.1 Å². The number of aromatic nitrogens is 1. The molecule has 1 aromatic heterocycles. The molecule has 1 aromatic carbocycles. The highest BCUT2D eigenvalue weighted by Gasteiger charge is 2.28. The lowest BCUT2D eigenvalue weighted by Crippen LogP contribution is -2.07. The van der Waals surface area contributed by atoms with Gasteiger partial charge in [0.15, 0.2) is 0 Å². The molecule has 0 fully saturated rings. The molecule has 1 aliphatic rings. The Labute approximate surface area is 174 Å². The predicted octanol–water partition coefficient (Wildman–Crippen LogP) is 7.13. The topological polar surface area (TPSA) is 55.5 Å². The third kappa shape index (κ3) is 4.42. The van der Waals surface area contributed by atoms with Crippen LogP contribution in [-0.2, 0) is 6.42 Å². The van der Waals surface area contributed by atoms with Crippen LogP contribution in [0, 0.1) is 13.8 Å². The third-order valence-electron chi connectivity index (χ3n) is 5.87. The Morgan fingerprint density at radius 1 is 1.28 bits per heavy atom. The molecule has 0 radical (unpaired) electrons. The minimum Gasteiger partial charge on any atom is -0.507 e. The Morgan fingerprint density at radius 2 is 2.07 bits per heavy atom. The van der Waals surface area contributed by atoms with Crippen LogP contribution < -0.4 is 4.74 Å².